The molecule has 0 aliphatic carbocycles. The lowest BCUT2D eigenvalue weighted by Crippen LogP contribution is -2.28. The quantitative estimate of drug-likeness (QED) is 0.879. The maximum absolute atomic E-state index is 10.8. The van der Waals surface area contributed by atoms with Crippen molar-refractivity contribution in [2.45, 2.75) is 6.29 Å². The Labute approximate surface area is 103 Å². The van der Waals surface area contributed by atoms with E-state index in [-0.39, 0.29) is 0 Å². The summed E-state index contributed by atoms with van der Waals surface area (Å²) in [6.45, 7) is 0. The average molecular weight is 242 g/mol. The average Bonchev–Trinajstić information content (AvgIpc) is 2.82. The molecular weight excluding hydrogens is 232 g/mol. The van der Waals surface area contributed by atoms with E-state index < -0.39 is 12.3 Å². The topological polar surface area (TPSA) is 55.8 Å². The van der Waals surface area contributed by atoms with Gasteiger partial charge in [0, 0.05) is 0 Å². The lowest BCUT2D eigenvalue weighted by Gasteiger charge is -2.03. The van der Waals surface area contributed by atoms with Crippen molar-refractivity contribution < 1.29 is 19.4 Å². The van der Waals surface area contributed by atoms with Crippen molar-refractivity contribution >= 4 is 5.97 Å². The van der Waals surface area contributed by atoms with Gasteiger partial charge >= 0.3 is 12.3 Å². The predicted octanol–water partition coefficient (Wildman–Crippen LogP) is 2.54. The fourth-order valence-corrected chi connectivity index (χ4v) is 1.86. The number of aliphatic carboxylic acids is 1. The summed E-state index contributed by atoms with van der Waals surface area (Å²) >= 11 is 0. The first kappa shape index (κ1) is 10.7. The van der Waals surface area contributed by atoms with Crippen LogP contribution in [-0.2, 0) is 4.79 Å². The molecule has 1 heterocycles. The normalized spacial score (nSPS) is 16.6. The van der Waals surface area contributed by atoms with Crippen molar-refractivity contribution in [3.8, 4) is 22.6 Å². The minimum absolute atomic E-state index is 0.460. The minimum atomic E-state index is -1.24. The first-order chi connectivity index (χ1) is 8.74. The SMILES string of the molecule is O=C(O)[C@H]1Oc2ccc(-c3ccccc3)cc2O1. The highest BCUT2D eigenvalue weighted by Crippen LogP contribution is 2.37. The van der Waals surface area contributed by atoms with Crippen LogP contribution in [0, 0.1) is 0 Å². The standard InChI is InChI=1S/C14H10O4/c15-13(16)14-17-11-7-6-10(8-12(11)18-14)9-4-2-1-3-5-9/h1-8,14H,(H,15,16)/t14-/m0/s1. The van der Waals surface area contributed by atoms with Crippen LogP contribution in [0.4, 0.5) is 0 Å². The maximum atomic E-state index is 10.8. The maximum Gasteiger partial charge on any atom is 0.387 e. The van der Waals surface area contributed by atoms with Crippen LogP contribution >= 0.6 is 0 Å². The van der Waals surface area contributed by atoms with E-state index in [2.05, 4.69) is 0 Å². The van der Waals surface area contributed by atoms with E-state index in [1.165, 1.54) is 0 Å². The minimum Gasteiger partial charge on any atom is -0.476 e. The number of fused-ring (bicyclic) bond motifs is 1. The Bertz CT molecular complexity index is 592. The number of carbonyl (C=O) groups is 1. The molecule has 90 valence electrons. The fourth-order valence-electron chi connectivity index (χ4n) is 1.86. The zero-order valence-corrected chi connectivity index (χ0v) is 9.37. The Morgan fingerprint density at radius 1 is 0.944 bits per heavy atom. The molecule has 1 aliphatic rings. The summed E-state index contributed by atoms with van der Waals surface area (Å²) in [4.78, 5) is 10.8. The van der Waals surface area contributed by atoms with E-state index in [9.17, 15) is 4.79 Å². The Balaban J connectivity index is 1.95. The van der Waals surface area contributed by atoms with Gasteiger partial charge < -0.3 is 14.6 Å². The molecule has 0 saturated heterocycles. The molecule has 0 fully saturated rings. The summed E-state index contributed by atoms with van der Waals surface area (Å²) in [6.07, 6.45) is -1.24. The lowest BCUT2D eigenvalue weighted by atomic mass is 10.1. The second-order valence-electron chi connectivity index (χ2n) is 3.93. The van der Waals surface area contributed by atoms with Gasteiger partial charge in [-0.1, -0.05) is 36.4 Å². The van der Waals surface area contributed by atoms with Gasteiger partial charge in [0.25, 0.3) is 0 Å². The highest BCUT2D eigenvalue weighted by atomic mass is 16.7. The van der Waals surface area contributed by atoms with Gasteiger partial charge in [-0.25, -0.2) is 4.79 Å². The summed E-state index contributed by atoms with van der Waals surface area (Å²) in [7, 11) is 0. The van der Waals surface area contributed by atoms with Crippen LogP contribution in [0.3, 0.4) is 0 Å². The third kappa shape index (κ3) is 1.78. The van der Waals surface area contributed by atoms with E-state index in [0.717, 1.165) is 11.1 Å². The smallest absolute Gasteiger partial charge is 0.387 e. The van der Waals surface area contributed by atoms with Crippen LogP contribution in [0.2, 0.25) is 0 Å². The molecule has 1 atom stereocenters. The molecule has 0 bridgehead atoms. The summed E-state index contributed by atoms with van der Waals surface area (Å²) in [5, 5.41) is 8.82. The van der Waals surface area contributed by atoms with Gasteiger partial charge in [-0.3, -0.25) is 0 Å². The molecule has 4 heteroatoms. The summed E-state index contributed by atoms with van der Waals surface area (Å²) in [5.74, 6) is -0.210. The van der Waals surface area contributed by atoms with Crippen LogP contribution in [0.1, 0.15) is 0 Å². The van der Waals surface area contributed by atoms with Crippen molar-refractivity contribution in [2.75, 3.05) is 0 Å². The number of hydrogen-bond acceptors (Lipinski definition) is 3. The highest BCUT2D eigenvalue weighted by Gasteiger charge is 2.30. The molecular formula is C14H10O4. The molecule has 4 nitrogen and oxygen atoms in total. The molecule has 0 saturated carbocycles. The summed E-state index contributed by atoms with van der Waals surface area (Å²) < 4.78 is 10.3. The molecule has 2 aromatic carbocycles. The van der Waals surface area contributed by atoms with Crippen molar-refractivity contribution in [1.29, 1.82) is 0 Å². The number of carboxylic acid groups (broad SMARTS) is 1. The van der Waals surface area contributed by atoms with Gasteiger partial charge in [0.15, 0.2) is 11.5 Å². The van der Waals surface area contributed by atoms with Gasteiger partial charge in [0.05, 0.1) is 0 Å². The second kappa shape index (κ2) is 4.07. The van der Waals surface area contributed by atoms with Crippen LogP contribution < -0.4 is 9.47 Å². The number of rotatable bonds is 2. The first-order valence-corrected chi connectivity index (χ1v) is 5.49. The van der Waals surface area contributed by atoms with Crippen LogP contribution in [-0.4, -0.2) is 17.4 Å². The van der Waals surface area contributed by atoms with E-state index in [1.54, 1.807) is 12.1 Å². The van der Waals surface area contributed by atoms with Crippen molar-refractivity contribution in [3.63, 3.8) is 0 Å². The third-order valence-electron chi connectivity index (χ3n) is 2.72. The molecule has 1 N–H and O–H groups in total. The number of hydrogen-bond donors (Lipinski definition) is 1. The zero-order valence-electron chi connectivity index (χ0n) is 9.37. The number of ether oxygens (including phenoxy) is 2. The van der Waals surface area contributed by atoms with Crippen molar-refractivity contribution in [3.05, 3.63) is 48.5 Å². The Morgan fingerprint density at radius 3 is 2.39 bits per heavy atom. The summed E-state index contributed by atoms with van der Waals surface area (Å²) in [5.41, 5.74) is 2.01. The van der Waals surface area contributed by atoms with Crippen LogP contribution in [0.25, 0.3) is 11.1 Å². The molecule has 2 aromatic rings. The molecule has 3 rings (SSSR count). The number of benzene rings is 2. The molecule has 1 aliphatic heterocycles. The lowest BCUT2D eigenvalue weighted by molar-refractivity contribution is -0.154. The van der Waals surface area contributed by atoms with Gasteiger partial charge in [0.1, 0.15) is 0 Å². The Hall–Kier alpha value is -2.49. The Kier molecular flexibility index (Phi) is 2.41. The van der Waals surface area contributed by atoms with E-state index in [0.29, 0.717) is 11.5 Å². The summed E-state index contributed by atoms with van der Waals surface area (Å²) in [6, 6.07) is 15.2. The van der Waals surface area contributed by atoms with Crippen LogP contribution in [0.15, 0.2) is 48.5 Å². The molecule has 0 spiro atoms. The molecule has 0 aromatic heterocycles. The monoisotopic (exact) mass is 242 g/mol. The number of carboxylic acids is 1. The molecule has 18 heavy (non-hydrogen) atoms. The predicted molar refractivity (Wildman–Crippen MR) is 64.6 cm³/mol. The van der Waals surface area contributed by atoms with E-state index in [4.69, 9.17) is 14.6 Å². The highest BCUT2D eigenvalue weighted by molar-refractivity contribution is 5.74. The van der Waals surface area contributed by atoms with Gasteiger partial charge in [-0.05, 0) is 23.3 Å². The van der Waals surface area contributed by atoms with Crippen molar-refractivity contribution in [2.24, 2.45) is 0 Å². The van der Waals surface area contributed by atoms with Crippen molar-refractivity contribution in [1.82, 2.24) is 0 Å². The van der Waals surface area contributed by atoms with Gasteiger partial charge in [-0.2, -0.15) is 0 Å². The fraction of sp³-hybridized carbons (Fsp3) is 0.0714. The zero-order chi connectivity index (χ0) is 12.5. The largest absolute Gasteiger partial charge is 0.476 e. The molecule has 0 amide bonds. The van der Waals surface area contributed by atoms with Gasteiger partial charge in [-0.15, -0.1) is 0 Å². The third-order valence-corrected chi connectivity index (χ3v) is 2.72. The van der Waals surface area contributed by atoms with E-state index in [1.807, 2.05) is 36.4 Å². The van der Waals surface area contributed by atoms with E-state index >= 15 is 0 Å². The molecule has 0 radical (unpaired) electrons. The molecule has 0 unspecified atom stereocenters. The Morgan fingerprint density at radius 2 is 1.67 bits per heavy atom. The second-order valence-corrected chi connectivity index (χ2v) is 3.93. The van der Waals surface area contributed by atoms with Crippen LogP contribution in [0.5, 0.6) is 11.5 Å². The first-order valence-electron chi connectivity index (χ1n) is 5.49. The van der Waals surface area contributed by atoms with Gasteiger partial charge in [0.2, 0.25) is 0 Å².